The van der Waals surface area contributed by atoms with Crippen LogP contribution in [0.25, 0.3) is 0 Å². The number of piperidine rings is 1. The van der Waals surface area contributed by atoms with E-state index in [1.807, 2.05) is 30.5 Å². The number of carbonyl (C=O) groups excluding carboxylic acids is 1. The molecule has 0 radical (unpaired) electrons. The Hall–Kier alpha value is -2.15. The molecule has 1 aliphatic heterocycles. The Morgan fingerprint density at radius 2 is 2.16 bits per heavy atom. The second kappa shape index (κ2) is 8.80. The van der Waals surface area contributed by atoms with Crippen molar-refractivity contribution in [3.63, 3.8) is 0 Å². The van der Waals surface area contributed by atoms with Crippen LogP contribution < -0.4 is 15.0 Å². The molecule has 2 aromatic rings. The minimum atomic E-state index is 0.0129. The third kappa shape index (κ3) is 5.42. The van der Waals surface area contributed by atoms with Gasteiger partial charge in [0.15, 0.2) is 0 Å². The van der Waals surface area contributed by atoms with Crippen molar-refractivity contribution in [1.29, 1.82) is 0 Å². The first kappa shape index (κ1) is 17.7. The summed E-state index contributed by atoms with van der Waals surface area (Å²) in [4.78, 5) is 24.1. The van der Waals surface area contributed by atoms with E-state index in [0.29, 0.717) is 31.3 Å². The fourth-order valence-electron chi connectivity index (χ4n) is 2.86. The predicted octanol–water partition coefficient (Wildman–Crippen LogP) is 2.57. The topological polar surface area (TPSA) is 67.3 Å². The Kier molecular flexibility index (Phi) is 6.22. The molecule has 1 saturated heterocycles. The lowest BCUT2D eigenvalue weighted by atomic mass is 10.1. The van der Waals surface area contributed by atoms with E-state index in [4.69, 9.17) is 4.74 Å². The molecular formula is C18H24N4O2S. The number of thiophene rings is 1. The van der Waals surface area contributed by atoms with Crippen LogP contribution in [0, 0.1) is 6.92 Å². The van der Waals surface area contributed by atoms with E-state index in [1.54, 1.807) is 11.3 Å². The van der Waals surface area contributed by atoms with Crippen LogP contribution in [-0.4, -0.2) is 42.1 Å². The van der Waals surface area contributed by atoms with E-state index >= 15 is 0 Å². The van der Waals surface area contributed by atoms with Gasteiger partial charge in [-0.2, -0.15) is 4.98 Å². The molecule has 3 rings (SSSR count). The van der Waals surface area contributed by atoms with E-state index in [1.165, 1.54) is 19.3 Å². The van der Waals surface area contributed by atoms with E-state index < -0.39 is 0 Å². The maximum Gasteiger partial charge on any atom is 0.225 e. The first-order chi connectivity index (χ1) is 12.2. The number of rotatable bonds is 7. The molecule has 1 N–H and O–H groups in total. The average Bonchev–Trinajstić information content (AvgIpc) is 3.12. The number of nitrogens with zero attached hydrogens (tertiary/aromatic N) is 3. The Morgan fingerprint density at radius 3 is 2.92 bits per heavy atom. The van der Waals surface area contributed by atoms with Crippen molar-refractivity contribution in [3.8, 4) is 5.88 Å². The third-order valence-corrected chi connectivity index (χ3v) is 4.95. The summed E-state index contributed by atoms with van der Waals surface area (Å²) in [5.74, 6) is 2.23. The number of anilines is 1. The third-order valence-electron chi connectivity index (χ3n) is 4.07. The van der Waals surface area contributed by atoms with Crippen LogP contribution in [0.3, 0.4) is 0 Å². The summed E-state index contributed by atoms with van der Waals surface area (Å²) in [5.41, 5.74) is 0. The molecule has 1 fully saturated rings. The van der Waals surface area contributed by atoms with E-state index in [-0.39, 0.29) is 5.91 Å². The van der Waals surface area contributed by atoms with Gasteiger partial charge in [-0.3, -0.25) is 4.79 Å². The van der Waals surface area contributed by atoms with E-state index in [0.717, 1.165) is 23.8 Å². The van der Waals surface area contributed by atoms with Gasteiger partial charge in [-0.05, 0) is 37.6 Å². The molecule has 1 amide bonds. The molecule has 0 bridgehead atoms. The maximum atomic E-state index is 11.8. The van der Waals surface area contributed by atoms with Crippen molar-refractivity contribution in [2.75, 3.05) is 31.1 Å². The zero-order valence-corrected chi connectivity index (χ0v) is 15.3. The van der Waals surface area contributed by atoms with E-state index in [9.17, 15) is 4.79 Å². The Bertz CT molecular complexity index is 684. The van der Waals surface area contributed by atoms with Crippen molar-refractivity contribution in [2.24, 2.45) is 0 Å². The standard InChI is InChI=1S/C18H24N4O2S/c1-14-20-16(22-8-3-2-4-9-22)13-18(21-14)24-10-7-19-17(23)12-15-6-5-11-25-15/h5-6,11,13H,2-4,7-10,12H2,1H3,(H,19,23). The SMILES string of the molecule is Cc1nc(OCCNC(=O)Cc2cccs2)cc(N2CCCCC2)n1. The molecule has 0 unspecified atom stereocenters. The molecule has 134 valence electrons. The molecule has 0 atom stereocenters. The van der Waals surface area contributed by atoms with Gasteiger partial charge in [0.1, 0.15) is 18.2 Å². The predicted molar refractivity (Wildman–Crippen MR) is 99.4 cm³/mol. The molecule has 1 aliphatic rings. The van der Waals surface area contributed by atoms with Crippen molar-refractivity contribution in [3.05, 3.63) is 34.3 Å². The van der Waals surface area contributed by atoms with Crippen molar-refractivity contribution in [2.45, 2.75) is 32.6 Å². The van der Waals surface area contributed by atoms with Gasteiger partial charge in [-0.15, -0.1) is 11.3 Å². The van der Waals surface area contributed by atoms with Gasteiger partial charge in [0.05, 0.1) is 13.0 Å². The highest BCUT2D eigenvalue weighted by molar-refractivity contribution is 7.10. The number of aryl methyl sites for hydroxylation is 1. The summed E-state index contributed by atoms with van der Waals surface area (Å²) < 4.78 is 5.71. The van der Waals surface area contributed by atoms with Crippen molar-refractivity contribution >= 4 is 23.1 Å². The van der Waals surface area contributed by atoms with Crippen molar-refractivity contribution < 1.29 is 9.53 Å². The molecule has 25 heavy (non-hydrogen) atoms. The normalized spacial score (nSPS) is 14.4. The monoisotopic (exact) mass is 360 g/mol. The molecule has 0 aromatic carbocycles. The summed E-state index contributed by atoms with van der Waals surface area (Å²) in [6.07, 6.45) is 4.11. The van der Waals surface area contributed by atoms with Crippen LogP contribution >= 0.6 is 11.3 Å². The first-order valence-electron chi connectivity index (χ1n) is 8.73. The minimum absolute atomic E-state index is 0.0129. The van der Waals surface area contributed by atoms with Crippen LogP contribution in [0.1, 0.15) is 30.0 Å². The summed E-state index contributed by atoms with van der Waals surface area (Å²) in [6.45, 7) is 4.81. The Labute approximate surface area is 152 Å². The summed E-state index contributed by atoms with van der Waals surface area (Å²) in [6, 6.07) is 5.81. The molecule has 7 heteroatoms. The number of hydrogen-bond acceptors (Lipinski definition) is 6. The highest BCUT2D eigenvalue weighted by Crippen LogP contribution is 2.21. The maximum absolute atomic E-state index is 11.8. The van der Waals surface area contributed by atoms with Crippen LogP contribution in [0.5, 0.6) is 5.88 Å². The second-order valence-corrected chi connectivity index (χ2v) is 7.15. The number of aromatic nitrogens is 2. The fourth-order valence-corrected chi connectivity index (χ4v) is 3.57. The van der Waals surface area contributed by atoms with Gasteiger partial charge in [0.2, 0.25) is 11.8 Å². The molecule has 6 nitrogen and oxygen atoms in total. The van der Waals surface area contributed by atoms with Gasteiger partial charge in [0.25, 0.3) is 0 Å². The van der Waals surface area contributed by atoms with Gasteiger partial charge >= 0.3 is 0 Å². The molecule has 0 saturated carbocycles. The number of amides is 1. The Morgan fingerprint density at radius 1 is 1.32 bits per heavy atom. The summed E-state index contributed by atoms with van der Waals surface area (Å²) in [5, 5.41) is 4.85. The fraction of sp³-hybridized carbons (Fsp3) is 0.500. The lowest BCUT2D eigenvalue weighted by Crippen LogP contribution is -2.31. The highest BCUT2D eigenvalue weighted by atomic mass is 32.1. The van der Waals surface area contributed by atoms with Crippen LogP contribution in [0.15, 0.2) is 23.6 Å². The van der Waals surface area contributed by atoms with Crippen LogP contribution in [0.4, 0.5) is 5.82 Å². The average molecular weight is 360 g/mol. The quantitative estimate of drug-likeness (QED) is 0.769. The summed E-state index contributed by atoms with van der Waals surface area (Å²) >= 11 is 1.59. The lowest BCUT2D eigenvalue weighted by Gasteiger charge is -2.28. The number of carbonyl (C=O) groups is 1. The van der Waals surface area contributed by atoms with Crippen LogP contribution in [0.2, 0.25) is 0 Å². The molecule has 3 heterocycles. The largest absolute Gasteiger partial charge is 0.476 e. The summed E-state index contributed by atoms with van der Waals surface area (Å²) in [7, 11) is 0. The van der Waals surface area contributed by atoms with Crippen LogP contribution in [-0.2, 0) is 11.2 Å². The lowest BCUT2D eigenvalue weighted by molar-refractivity contribution is -0.120. The van der Waals surface area contributed by atoms with Gasteiger partial charge in [-0.25, -0.2) is 4.98 Å². The molecule has 0 spiro atoms. The highest BCUT2D eigenvalue weighted by Gasteiger charge is 2.14. The molecule has 2 aromatic heterocycles. The molecular weight excluding hydrogens is 336 g/mol. The number of ether oxygens (including phenoxy) is 1. The number of nitrogens with one attached hydrogen (secondary N) is 1. The first-order valence-corrected chi connectivity index (χ1v) is 9.61. The van der Waals surface area contributed by atoms with Gasteiger partial charge in [-0.1, -0.05) is 6.07 Å². The second-order valence-electron chi connectivity index (χ2n) is 6.11. The van der Waals surface area contributed by atoms with E-state index in [2.05, 4.69) is 20.2 Å². The van der Waals surface area contributed by atoms with Crippen molar-refractivity contribution in [1.82, 2.24) is 15.3 Å². The van der Waals surface area contributed by atoms with Gasteiger partial charge in [0, 0.05) is 24.0 Å². The molecule has 0 aliphatic carbocycles. The zero-order valence-electron chi connectivity index (χ0n) is 14.5. The minimum Gasteiger partial charge on any atom is -0.476 e. The zero-order chi connectivity index (χ0) is 17.5. The van der Waals surface area contributed by atoms with Gasteiger partial charge < -0.3 is 15.0 Å². The Balaban J connectivity index is 1.46. The number of hydrogen-bond donors (Lipinski definition) is 1. The smallest absolute Gasteiger partial charge is 0.225 e.